The molecule has 0 saturated heterocycles. The second-order valence-corrected chi connectivity index (χ2v) is 22.8. The second kappa shape index (κ2) is 15.3. The van der Waals surface area contributed by atoms with Gasteiger partial charge in [-0.25, -0.2) is 0 Å². The van der Waals surface area contributed by atoms with Crippen LogP contribution < -0.4 is 4.90 Å². The van der Waals surface area contributed by atoms with E-state index in [-0.39, 0.29) is 16.2 Å². The topological polar surface area (TPSA) is 3.24 Å². The van der Waals surface area contributed by atoms with Crippen molar-refractivity contribution >= 4 is 48.6 Å². The van der Waals surface area contributed by atoms with Gasteiger partial charge in [0, 0.05) is 42.5 Å². The normalized spacial score (nSPS) is 14.4. The molecule has 0 saturated carbocycles. The van der Waals surface area contributed by atoms with Crippen molar-refractivity contribution < 1.29 is 0 Å². The van der Waals surface area contributed by atoms with E-state index in [0.717, 1.165) is 11.4 Å². The van der Waals surface area contributed by atoms with Gasteiger partial charge < -0.3 is 4.90 Å². The molecule has 10 aromatic rings. The number of hydrogen-bond donors (Lipinski definition) is 0. The van der Waals surface area contributed by atoms with Crippen LogP contribution in [0.3, 0.4) is 0 Å². The number of hydrogen-bond acceptors (Lipinski definition) is 2. The van der Waals surface area contributed by atoms with Crippen molar-refractivity contribution in [3.8, 4) is 33.4 Å². The number of anilines is 3. The van der Waals surface area contributed by atoms with Gasteiger partial charge >= 0.3 is 0 Å². The van der Waals surface area contributed by atoms with Crippen LogP contribution in [0.1, 0.15) is 99.9 Å². The average molecular weight is 896 g/mol. The van der Waals surface area contributed by atoms with E-state index in [4.69, 9.17) is 0 Å². The Morgan fingerprint density at radius 3 is 1.68 bits per heavy atom. The molecule has 1 nitrogen and oxygen atoms in total. The van der Waals surface area contributed by atoms with Gasteiger partial charge in [-0.2, -0.15) is 0 Å². The van der Waals surface area contributed by atoms with Crippen LogP contribution in [-0.4, -0.2) is 0 Å². The Kier molecular flexibility index (Phi) is 9.50. The van der Waals surface area contributed by atoms with Crippen LogP contribution in [0.5, 0.6) is 0 Å². The van der Waals surface area contributed by atoms with Gasteiger partial charge in [0.15, 0.2) is 0 Å². The maximum absolute atomic E-state index is 2.56. The Morgan fingerprint density at radius 2 is 1.01 bits per heavy atom. The van der Waals surface area contributed by atoms with E-state index in [1.54, 1.807) is 0 Å². The van der Waals surface area contributed by atoms with Gasteiger partial charge in [-0.05, 0) is 132 Å². The molecule has 2 aliphatic rings. The number of fused-ring (bicyclic) bond motifs is 9. The summed E-state index contributed by atoms with van der Waals surface area (Å²) < 4.78 is 2.77. The van der Waals surface area contributed by atoms with Crippen LogP contribution in [0.25, 0.3) is 53.6 Å². The Labute approximate surface area is 406 Å². The molecular formula is C66H57NS. The summed E-state index contributed by atoms with van der Waals surface area (Å²) in [6.45, 7) is 19.0. The zero-order chi connectivity index (χ0) is 46.7. The Balaban J connectivity index is 1.12. The summed E-state index contributed by atoms with van der Waals surface area (Å²) in [6, 6.07) is 75.7. The molecule has 1 aromatic heterocycles. The minimum Gasteiger partial charge on any atom is -0.310 e. The summed E-state index contributed by atoms with van der Waals surface area (Å²) in [5.41, 5.74) is 21.1. The summed E-state index contributed by atoms with van der Waals surface area (Å²) in [6.07, 6.45) is 0. The SMILES string of the molecule is CC(C)(C)c1cc(C(C)(C)C)c2sc3cc4c(cc3c2c1)-c1c(N(c2ccc(-c3ccccc3)cc2)c2cccc(C3(c5ccccc5)c5ccccc5-c5ccccc53)c2)cccc1C4(C)C. The first-order valence-electron chi connectivity index (χ1n) is 24.3. The van der Waals surface area contributed by atoms with Gasteiger partial charge in [0.2, 0.25) is 0 Å². The average Bonchev–Trinajstić information content (AvgIpc) is 3.94. The first-order chi connectivity index (χ1) is 32.7. The monoisotopic (exact) mass is 895 g/mol. The molecule has 68 heavy (non-hydrogen) atoms. The first kappa shape index (κ1) is 42.4. The molecule has 9 aromatic carbocycles. The van der Waals surface area contributed by atoms with E-state index in [9.17, 15) is 0 Å². The molecule has 0 spiro atoms. The van der Waals surface area contributed by atoms with E-state index in [2.05, 4.69) is 260 Å². The van der Waals surface area contributed by atoms with Gasteiger partial charge in [0.1, 0.15) is 0 Å². The van der Waals surface area contributed by atoms with Crippen molar-refractivity contribution in [2.24, 2.45) is 0 Å². The van der Waals surface area contributed by atoms with Crippen LogP contribution in [0.15, 0.2) is 200 Å². The molecule has 0 radical (unpaired) electrons. The van der Waals surface area contributed by atoms with E-state index in [0.29, 0.717) is 0 Å². The van der Waals surface area contributed by atoms with Crippen molar-refractivity contribution in [3.05, 3.63) is 245 Å². The Bertz CT molecular complexity index is 3550. The van der Waals surface area contributed by atoms with Gasteiger partial charge in [-0.1, -0.05) is 207 Å². The fourth-order valence-electron chi connectivity index (χ4n) is 11.8. The Hall–Kier alpha value is -7.00. The lowest BCUT2D eigenvalue weighted by molar-refractivity contribution is 0.573. The summed E-state index contributed by atoms with van der Waals surface area (Å²) in [5, 5.41) is 2.72. The third-order valence-corrected chi connectivity index (χ3v) is 16.4. The predicted molar refractivity (Wildman–Crippen MR) is 292 cm³/mol. The van der Waals surface area contributed by atoms with Crippen molar-refractivity contribution in [1.82, 2.24) is 0 Å². The molecule has 0 aliphatic heterocycles. The molecule has 0 atom stereocenters. The highest BCUT2D eigenvalue weighted by atomic mass is 32.1. The smallest absolute Gasteiger partial charge is 0.0714 e. The largest absolute Gasteiger partial charge is 0.310 e. The van der Waals surface area contributed by atoms with Crippen molar-refractivity contribution in [2.45, 2.75) is 77.0 Å². The van der Waals surface area contributed by atoms with Crippen molar-refractivity contribution in [2.75, 3.05) is 4.90 Å². The third-order valence-electron chi connectivity index (χ3n) is 15.2. The van der Waals surface area contributed by atoms with Gasteiger partial charge in [-0.15, -0.1) is 11.3 Å². The number of thiophene rings is 1. The number of benzene rings is 9. The van der Waals surface area contributed by atoms with E-state index < -0.39 is 5.41 Å². The molecular weight excluding hydrogens is 839 g/mol. The number of rotatable bonds is 6. The lowest BCUT2D eigenvalue weighted by Crippen LogP contribution is -2.28. The van der Waals surface area contributed by atoms with Gasteiger partial charge in [0.25, 0.3) is 0 Å². The molecule has 2 aliphatic carbocycles. The van der Waals surface area contributed by atoms with Gasteiger partial charge in [0.05, 0.1) is 11.1 Å². The summed E-state index contributed by atoms with van der Waals surface area (Å²) in [4.78, 5) is 2.54. The molecule has 1 heterocycles. The van der Waals surface area contributed by atoms with Crippen LogP contribution in [0, 0.1) is 0 Å². The quantitative estimate of drug-likeness (QED) is 0.161. The standard InChI is InChI=1S/C66H57NS/c1-63(2,3)46-38-52-51-40-53-57(41-60(51)68-62(52)58(39-46)64(4,5)6)65(7,8)56-31-20-32-59(61(53)56)67(47-35-33-43(34-36-47)42-21-11-9-12-22-42)48-26-19-25-45(37-48)66(44-23-13-10-14-24-44)54-29-17-15-27-49(54)50-28-16-18-30-55(50)66/h9-41H,1-8H3. The molecule has 332 valence electrons. The lowest BCUT2D eigenvalue weighted by Gasteiger charge is -2.35. The fraction of sp³-hybridized carbons (Fsp3) is 0.182. The molecule has 2 heteroatoms. The maximum atomic E-state index is 2.56. The summed E-state index contributed by atoms with van der Waals surface area (Å²) in [7, 11) is 0. The van der Waals surface area contributed by atoms with Crippen molar-refractivity contribution in [3.63, 3.8) is 0 Å². The molecule has 0 unspecified atom stereocenters. The van der Waals surface area contributed by atoms with Crippen LogP contribution in [0.2, 0.25) is 0 Å². The highest BCUT2D eigenvalue weighted by molar-refractivity contribution is 7.26. The third kappa shape index (κ3) is 6.34. The zero-order valence-electron chi connectivity index (χ0n) is 40.4. The molecule has 0 fully saturated rings. The molecule has 0 amide bonds. The minimum atomic E-state index is -0.524. The maximum Gasteiger partial charge on any atom is 0.0714 e. The van der Waals surface area contributed by atoms with Crippen LogP contribution in [0.4, 0.5) is 17.1 Å². The highest BCUT2D eigenvalue weighted by Crippen LogP contribution is 2.59. The number of nitrogens with zero attached hydrogens (tertiary/aromatic N) is 1. The Morgan fingerprint density at radius 1 is 0.426 bits per heavy atom. The van der Waals surface area contributed by atoms with Crippen LogP contribution in [-0.2, 0) is 21.7 Å². The zero-order valence-corrected chi connectivity index (χ0v) is 41.2. The van der Waals surface area contributed by atoms with E-state index in [1.807, 2.05) is 11.3 Å². The van der Waals surface area contributed by atoms with E-state index in [1.165, 1.54) is 104 Å². The molecule has 0 N–H and O–H groups in total. The fourth-order valence-corrected chi connectivity index (χ4v) is 13.2. The highest BCUT2D eigenvalue weighted by Gasteiger charge is 2.46. The van der Waals surface area contributed by atoms with Crippen LogP contribution >= 0.6 is 11.3 Å². The summed E-state index contributed by atoms with van der Waals surface area (Å²) >= 11 is 1.97. The summed E-state index contributed by atoms with van der Waals surface area (Å²) in [5.74, 6) is 0. The molecule has 0 bridgehead atoms. The first-order valence-corrected chi connectivity index (χ1v) is 25.1. The molecule has 12 rings (SSSR count). The minimum absolute atomic E-state index is 0.00893. The predicted octanol–water partition coefficient (Wildman–Crippen LogP) is 18.5. The lowest BCUT2D eigenvalue weighted by atomic mass is 9.67. The van der Waals surface area contributed by atoms with E-state index >= 15 is 0 Å². The van der Waals surface area contributed by atoms with Gasteiger partial charge in [-0.3, -0.25) is 0 Å². The second-order valence-electron chi connectivity index (χ2n) is 21.7. The van der Waals surface area contributed by atoms with Crippen molar-refractivity contribution in [1.29, 1.82) is 0 Å².